The highest BCUT2D eigenvalue weighted by molar-refractivity contribution is 5.23. The van der Waals surface area contributed by atoms with Gasteiger partial charge in [0.15, 0.2) is 0 Å². The first-order valence-electron chi connectivity index (χ1n) is 4.74. The van der Waals surface area contributed by atoms with E-state index in [1.807, 2.05) is 12.1 Å². The minimum atomic E-state index is -0.116. The summed E-state index contributed by atoms with van der Waals surface area (Å²) >= 11 is 0. The fourth-order valence-electron chi connectivity index (χ4n) is 1.37. The van der Waals surface area contributed by atoms with E-state index < -0.39 is 0 Å². The lowest BCUT2D eigenvalue weighted by molar-refractivity contribution is 0.615. The number of benzene rings is 1. The van der Waals surface area contributed by atoms with Gasteiger partial charge in [0, 0.05) is 12.6 Å². The summed E-state index contributed by atoms with van der Waals surface area (Å²) in [4.78, 5) is 0. The van der Waals surface area contributed by atoms with Crippen LogP contribution in [0.1, 0.15) is 24.0 Å². The van der Waals surface area contributed by atoms with Crippen LogP contribution in [0.3, 0.4) is 0 Å². The van der Waals surface area contributed by atoms with Gasteiger partial charge in [-0.25, -0.2) is 4.39 Å². The smallest absolute Gasteiger partial charge is 0.126 e. The molecule has 0 saturated heterocycles. The molecular formula is C11H14FN. The zero-order chi connectivity index (χ0) is 9.26. The van der Waals surface area contributed by atoms with Crippen molar-refractivity contribution in [3.8, 4) is 0 Å². The molecule has 1 saturated carbocycles. The predicted octanol–water partition coefficient (Wildman–Crippen LogP) is 2.39. The molecule has 0 amide bonds. The second kappa shape index (κ2) is 3.46. The van der Waals surface area contributed by atoms with Gasteiger partial charge in [0.05, 0.1) is 0 Å². The summed E-state index contributed by atoms with van der Waals surface area (Å²) in [5.41, 5.74) is 1.90. The summed E-state index contributed by atoms with van der Waals surface area (Å²) in [6, 6.07) is 6.01. The van der Waals surface area contributed by atoms with Gasteiger partial charge in [0.1, 0.15) is 5.82 Å². The molecule has 0 heterocycles. The van der Waals surface area contributed by atoms with Crippen molar-refractivity contribution in [1.29, 1.82) is 0 Å². The van der Waals surface area contributed by atoms with Crippen molar-refractivity contribution in [3.63, 3.8) is 0 Å². The van der Waals surface area contributed by atoms with Gasteiger partial charge in [-0.2, -0.15) is 0 Å². The molecule has 1 N–H and O–H groups in total. The Hall–Kier alpha value is -0.890. The molecule has 0 bridgehead atoms. The van der Waals surface area contributed by atoms with Crippen molar-refractivity contribution in [3.05, 3.63) is 35.1 Å². The van der Waals surface area contributed by atoms with Gasteiger partial charge in [-0.15, -0.1) is 0 Å². The number of rotatable bonds is 3. The van der Waals surface area contributed by atoms with E-state index in [0.717, 1.165) is 12.1 Å². The minimum absolute atomic E-state index is 0.116. The molecule has 0 aromatic heterocycles. The van der Waals surface area contributed by atoms with Crippen molar-refractivity contribution in [1.82, 2.24) is 5.32 Å². The van der Waals surface area contributed by atoms with E-state index in [9.17, 15) is 4.39 Å². The molecular weight excluding hydrogens is 165 g/mol. The monoisotopic (exact) mass is 179 g/mol. The first-order valence-corrected chi connectivity index (χ1v) is 4.74. The minimum Gasteiger partial charge on any atom is -0.310 e. The normalized spacial score (nSPS) is 16.2. The van der Waals surface area contributed by atoms with Gasteiger partial charge in [0.25, 0.3) is 0 Å². The van der Waals surface area contributed by atoms with Crippen LogP contribution in [-0.2, 0) is 6.54 Å². The van der Waals surface area contributed by atoms with Crippen LogP contribution in [0.5, 0.6) is 0 Å². The van der Waals surface area contributed by atoms with Crippen molar-refractivity contribution >= 4 is 0 Å². The van der Waals surface area contributed by atoms with Crippen LogP contribution in [0.15, 0.2) is 18.2 Å². The maximum atomic E-state index is 12.9. The summed E-state index contributed by atoms with van der Waals surface area (Å²) in [6.45, 7) is 2.67. The Bertz CT molecular complexity index is 305. The molecule has 13 heavy (non-hydrogen) atoms. The second-order valence-electron chi connectivity index (χ2n) is 3.74. The zero-order valence-corrected chi connectivity index (χ0v) is 7.81. The first-order chi connectivity index (χ1) is 6.25. The molecule has 0 unspecified atom stereocenters. The molecule has 1 nitrogen and oxygen atoms in total. The van der Waals surface area contributed by atoms with E-state index in [-0.39, 0.29) is 5.82 Å². The van der Waals surface area contributed by atoms with Crippen molar-refractivity contribution in [2.45, 2.75) is 32.4 Å². The summed E-state index contributed by atoms with van der Waals surface area (Å²) < 4.78 is 12.9. The molecule has 70 valence electrons. The first kappa shape index (κ1) is 8.70. The fraction of sp³-hybridized carbons (Fsp3) is 0.455. The molecule has 2 rings (SSSR count). The van der Waals surface area contributed by atoms with E-state index in [4.69, 9.17) is 0 Å². The lowest BCUT2D eigenvalue weighted by atomic mass is 10.1. The average molecular weight is 179 g/mol. The Labute approximate surface area is 78.0 Å². The summed E-state index contributed by atoms with van der Waals surface area (Å²) in [5, 5.41) is 3.40. The van der Waals surface area contributed by atoms with Crippen LogP contribution < -0.4 is 5.32 Å². The van der Waals surface area contributed by atoms with Crippen LogP contribution in [0, 0.1) is 12.7 Å². The molecule has 1 aromatic carbocycles. The Morgan fingerprint density at radius 1 is 1.46 bits per heavy atom. The Morgan fingerprint density at radius 3 is 2.85 bits per heavy atom. The summed E-state index contributed by atoms with van der Waals surface area (Å²) in [7, 11) is 0. The average Bonchev–Trinajstić information content (AvgIpc) is 2.91. The molecule has 1 fully saturated rings. The van der Waals surface area contributed by atoms with E-state index >= 15 is 0 Å². The van der Waals surface area contributed by atoms with Gasteiger partial charge < -0.3 is 5.32 Å². The van der Waals surface area contributed by atoms with E-state index in [0.29, 0.717) is 6.04 Å². The summed E-state index contributed by atoms with van der Waals surface area (Å²) in [5.74, 6) is -0.116. The van der Waals surface area contributed by atoms with Gasteiger partial charge in [-0.3, -0.25) is 0 Å². The third kappa shape index (κ3) is 2.28. The largest absolute Gasteiger partial charge is 0.310 e. The zero-order valence-electron chi connectivity index (χ0n) is 7.81. The maximum Gasteiger partial charge on any atom is 0.126 e. The van der Waals surface area contributed by atoms with Crippen molar-refractivity contribution in [2.24, 2.45) is 0 Å². The highest BCUT2D eigenvalue weighted by Crippen LogP contribution is 2.19. The molecule has 0 atom stereocenters. The lowest BCUT2D eigenvalue weighted by Gasteiger charge is -2.04. The Morgan fingerprint density at radius 2 is 2.23 bits per heavy atom. The Kier molecular flexibility index (Phi) is 2.32. The molecule has 0 radical (unpaired) electrons. The molecule has 2 heteroatoms. The fourth-order valence-corrected chi connectivity index (χ4v) is 1.37. The van der Waals surface area contributed by atoms with Gasteiger partial charge in [-0.1, -0.05) is 12.1 Å². The summed E-state index contributed by atoms with van der Waals surface area (Å²) in [6.07, 6.45) is 2.58. The number of hydrogen-bond donors (Lipinski definition) is 1. The van der Waals surface area contributed by atoms with Crippen LogP contribution in [0.25, 0.3) is 0 Å². The second-order valence-corrected chi connectivity index (χ2v) is 3.74. The standard InChI is InChI=1S/C11H14FN/c1-8-6-9(2-5-11(8)12)7-13-10-3-4-10/h2,5-6,10,13H,3-4,7H2,1H3. The quantitative estimate of drug-likeness (QED) is 0.751. The molecule has 1 aromatic rings. The third-order valence-corrected chi connectivity index (χ3v) is 2.39. The van der Waals surface area contributed by atoms with Crippen LogP contribution in [0.2, 0.25) is 0 Å². The maximum absolute atomic E-state index is 12.9. The molecule has 0 spiro atoms. The van der Waals surface area contributed by atoms with Crippen LogP contribution in [-0.4, -0.2) is 6.04 Å². The van der Waals surface area contributed by atoms with Gasteiger partial charge >= 0.3 is 0 Å². The van der Waals surface area contributed by atoms with Gasteiger partial charge in [0.2, 0.25) is 0 Å². The highest BCUT2D eigenvalue weighted by Gasteiger charge is 2.19. The highest BCUT2D eigenvalue weighted by atomic mass is 19.1. The van der Waals surface area contributed by atoms with Crippen molar-refractivity contribution < 1.29 is 4.39 Å². The van der Waals surface area contributed by atoms with E-state index in [1.54, 1.807) is 13.0 Å². The van der Waals surface area contributed by atoms with Crippen LogP contribution in [0.4, 0.5) is 4.39 Å². The van der Waals surface area contributed by atoms with Crippen molar-refractivity contribution in [2.75, 3.05) is 0 Å². The molecule has 0 aliphatic heterocycles. The Balaban J connectivity index is 1.98. The SMILES string of the molecule is Cc1cc(CNC2CC2)ccc1F. The van der Waals surface area contributed by atoms with E-state index in [2.05, 4.69) is 5.32 Å². The molecule has 1 aliphatic carbocycles. The lowest BCUT2D eigenvalue weighted by Crippen LogP contribution is -2.15. The number of aryl methyl sites for hydroxylation is 1. The molecule has 1 aliphatic rings. The topological polar surface area (TPSA) is 12.0 Å². The predicted molar refractivity (Wildman–Crippen MR) is 51.0 cm³/mol. The van der Waals surface area contributed by atoms with Gasteiger partial charge in [-0.05, 0) is 37.0 Å². The number of halogens is 1. The van der Waals surface area contributed by atoms with Crippen LogP contribution >= 0.6 is 0 Å². The van der Waals surface area contributed by atoms with E-state index in [1.165, 1.54) is 18.4 Å². The number of hydrogen-bond acceptors (Lipinski definition) is 1. The third-order valence-electron chi connectivity index (χ3n) is 2.39. The number of nitrogens with one attached hydrogen (secondary N) is 1.